The Hall–Kier alpha value is -2.53. The van der Waals surface area contributed by atoms with Crippen LogP contribution in [0.5, 0.6) is 0 Å². The normalized spacial score (nSPS) is 14.6. The van der Waals surface area contributed by atoms with Crippen LogP contribution in [0, 0.1) is 13.8 Å². The molecule has 4 rings (SSSR count). The second-order valence-corrected chi connectivity index (χ2v) is 9.58. The Kier molecular flexibility index (Phi) is 6.81. The zero-order chi connectivity index (χ0) is 21.8. The number of hydrogen-bond donors (Lipinski definition) is 0. The first-order valence-electron chi connectivity index (χ1n) is 10.9. The topological polar surface area (TPSA) is 56.5 Å². The lowest BCUT2D eigenvalue weighted by Crippen LogP contribution is -2.16. The third-order valence-corrected chi connectivity index (χ3v) is 7.33. The fourth-order valence-corrected chi connectivity index (χ4v) is 5.51. The largest absolute Gasteiger partial charge is 0.451 e. The van der Waals surface area contributed by atoms with Crippen molar-refractivity contribution in [1.29, 1.82) is 0 Å². The zero-order valence-electron chi connectivity index (χ0n) is 18.1. The standard InChI is InChI=1S/C26H28O4S/c1-17-12-13-18(2)21(14-17)23(27)15-29-26(28)25-22(16-31-19-8-4-3-5-9-19)20-10-6-7-11-24(20)30-25/h6-7,10-14,19H,3-5,8-9,15-16H2,1-2H3. The lowest BCUT2D eigenvalue weighted by atomic mass is 10.0. The highest BCUT2D eigenvalue weighted by Crippen LogP contribution is 2.35. The highest BCUT2D eigenvalue weighted by atomic mass is 32.2. The Bertz CT molecular complexity index is 1090. The van der Waals surface area contributed by atoms with Crippen molar-refractivity contribution < 1.29 is 18.7 Å². The molecule has 5 heteroatoms. The van der Waals surface area contributed by atoms with Crippen molar-refractivity contribution in [2.75, 3.05) is 6.61 Å². The van der Waals surface area contributed by atoms with Crippen LogP contribution < -0.4 is 0 Å². The van der Waals surface area contributed by atoms with Crippen LogP contribution in [0.15, 0.2) is 46.9 Å². The Labute approximate surface area is 187 Å². The number of benzene rings is 2. The number of ether oxygens (including phenoxy) is 1. The van der Waals surface area contributed by atoms with Crippen molar-refractivity contribution in [1.82, 2.24) is 0 Å². The number of thioether (sulfide) groups is 1. The van der Waals surface area contributed by atoms with Gasteiger partial charge in [0.1, 0.15) is 5.58 Å². The van der Waals surface area contributed by atoms with E-state index in [4.69, 9.17) is 9.15 Å². The van der Waals surface area contributed by atoms with Crippen molar-refractivity contribution in [2.24, 2.45) is 0 Å². The van der Waals surface area contributed by atoms with Gasteiger partial charge in [-0.15, -0.1) is 0 Å². The molecule has 0 aliphatic heterocycles. The molecule has 0 atom stereocenters. The molecule has 0 bridgehead atoms. The first kappa shape index (κ1) is 21.7. The van der Waals surface area contributed by atoms with E-state index in [1.807, 2.05) is 68.1 Å². The number of aryl methyl sites for hydroxylation is 2. The van der Waals surface area contributed by atoms with E-state index < -0.39 is 5.97 Å². The minimum absolute atomic E-state index is 0.205. The summed E-state index contributed by atoms with van der Waals surface area (Å²) in [6.07, 6.45) is 6.32. The molecule has 0 saturated heterocycles. The van der Waals surface area contributed by atoms with Crippen LogP contribution in [0.25, 0.3) is 11.0 Å². The molecular weight excluding hydrogens is 408 g/mol. The summed E-state index contributed by atoms with van der Waals surface area (Å²) >= 11 is 1.89. The van der Waals surface area contributed by atoms with Gasteiger partial charge in [0.25, 0.3) is 0 Å². The van der Waals surface area contributed by atoms with Crippen LogP contribution in [0.1, 0.15) is 69.7 Å². The molecule has 1 aliphatic rings. The van der Waals surface area contributed by atoms with Crippen LogP contribution in [-0.4, -0.2) is 23.6 Å². The maximum Gasteiger partial charge on any atom is 0.375 e. The van der Waals surface area contributed by atoms with E-state index in [0.29, 0.717) is 22.1 Å². The van der Waals surface area contributed by atoms with Crippen LogP contribution in [0.4, 0.5) is 0 Å². The molecule has 0 radical (unpaired) electrons. The Morgan fingerprint density at radius 3 is 2.65 bits per heavy atom. The van der Waals surface area contributed by atoms with E-state index in [1.165, 1.54) is 32.1 Å². The summed E-state index contributed by atoms with van der Waals surface area (Å²) in [6.45, 7) is 3.52. The van der Waals surface area contributed by atoms with Crippen LogP contribution >= 0.6 is 11.8 Å². The van der Waals surface area contributed by atoms with E-state index in [1.54, 1.807) is 0 Å². The Morgan fingerprint density at radius 1 is 1.06 bits per heavy atom. The molecule has 162 valence electrons. The maximum absolute atomic E-state index is 12.9. The fourth-order valence-electron chi connectivity index (χ4n) is 4.15. The number of carbonyl (C=O) groups is 2. The average molecular weight is 437 g/mol. The number of rotatable bonds is 7. The SMILES string of the molecule is Cc1ccc(C)c(C(=O)COC(=O)c2oc3ccccc3c2CSC2CCCCC2)c1. The number of esters is 1. The molecule has 0 N–H and O–H groups in total. The smallest absolute Gasteiger partial charge is 0.375 e. The molecule has 31 heavy (non-hydrogen) atoms. The van der Waals surface area contributed by atoms with Gasteiger partial charge in [0, 0.05) is 27.5 Å². The Morgan fingerprint density at radius 2 is 1.84 bits per heavy atom. The van der Waals surface area contributed by atoms with Gasteiger partial charge in [-0.2, -0.15) is 11.8 Å². The van der Waals surface area contributed by atoms with E-state index in [9.17, 15) is 9.59 Å². The van der Waals surface area contributed by atoms with Crippen LogP contribution in [0.3, 0.4) is 0 Å². The molecule has 1 fully saturated rings. The summed E-state index contributed by atoms with van der Waals surface area (Å²) in [6, 6.07) is 13.4. The van der Waals surface area contributed by atoms with Gasteiger partial charge in [-0.1, -0.05) is 55.2 Å². The van der Waals surface area contributed by atoms with Crippen molar-refractivity contribution >= 4 is 34.5 Å². The van der Waals surface area contributed by atoms with Crippen molar-refractivity contribution in [3.05, 3.63) is 70.5 Å². The van der Waals surface area contributed by atoms with Gasteiger partial charge in [-0.25, -0.2) is 4.79 Å². The number of furan rings is 1. The van der Waals surface area contributed by atoms with E-state index >= 15 is 0 Å². The van der Waals surface area contributed by atoms with Crippen LogP contribution in [-0.2, 0) is 10.5 Å². The highest BCUT2D eigenvalue weighted by Gasteiger charge is 2.24. The quantitative estimate of drug-likeness (QED) is 0.306. The summed E-state index contributed by atoms with van der Waals surface area (Å²) in [4.78, 5) is 25.5. The monoisotopic (exact) mass is 436 g/mol. The third kappa shape index (κ3) is 5.04. The average Bonchev–Trinajstić information content (AvgIpc) is 3.17. The van der Waals surface area contributed by atoms with Crippen molar-refractivity contribution in [3.8, 4) is 0 Å². The minimum atomic E-state index is -0.575. The summed E-state index contributed by atoms with van der Waals surface area (Å²) in [5.41, 5.74) is 4.01. The summed E-state index contributed by atoms with van der Waals surface area (Å²) in [5, 5.41) is 1.57. The maximum atomic E-state index is 12.9. The van der Waals surface area contributed by atoms with Gasteiger partial charge in [0.05, 0.1) is 0 Å². The van der Waals surface area contributed by atoms with Gasteiger partial charge >= 0.3 is 5.97 Å². The van der Waals surface area contributed by atoms with Gasteiger partial charge in [0.15, 0.2) is 6.61 Å². The second-order valence-electron chi connectivity index (χ2n) is 8.29. The number of ketones is 1. The van der Waals surface area contributed by atoms with Crippen molar-refractivity contribution in [3.63, 3.8) is 0 Å². The lowest BCUT2D eigenvalue weighted by Gasteiger charge is -2.20. The number of hydrogen-bond acceptors (Lipinski definition) is 5. The predicted octanol–water partition coefficient (Wildman–Crippen LogP) is 6.66. The highest BCUT2D eigenvalue weighted by molar-refractivity contribution is 7.99. The van der Waals surface area contributed by atoms with Gasteiger partial charge in [0.2, 0.25) is 11.5 Å². The summed E-state index contributed by atoms with van der Waals surface area (Å²) in [5.74, 6) is 0.146. The molecular formula is C26H28O4S. The predicted molar refractivity (Wildman–Crippen MR) is 125 cm³/mol. The molecule has 1 aromatic heterocycles. The number of fused-ring (bicyclic) bond motifs is 1. The minimum Gasteiger partial charge on any atom is -0.451 e. The van der Waals surface area contributed by atoms with Gasteiger partial charge in [-0.05, 0) is 44.4 Å². The van der Waals surface area contributed by atoms with E-state index in [-0.39, 0.29) is 18.2 Å². The molecule has 0 amide bonds. The number of para-hydroxylation sites is 1. The molecule has 0 unspecified atom stereocenters. The summed E-state index contributed by atoms with van der Waals surface area (Å²) < 4.78 is 11.3. The molecule has 1 heterocycles. The van der Waals surface area contributed by atoms with Gasteiger partial charge in [-0.3, -0.25) is 4.79 Å². The van der Waals surface area contributed by atoms with E-state index in [0.717, 1.165) is 22.1 Å². The molecule has 0 spiro atoms. The molecule has 4 nitrogen and oxygen atoms in total. The zero-order valence-corrected chi connectivity index (χ0v) is 18.9. The molecule has 1 saturated carbocycles. The first-order valence-corrected chi connectivity index (χ1v) is 12.0. The molecule has 3 aromatic rings. The van der Waals surface area contributed by atoms with E-state index in [2.05, 4.69) is 0 Å². The lowest BCUT2D eigenvalue weighted by molar-refractivity contribution is 0.0445. The Balaban J connectivity index is 1.50. The number of Topliss-reactive ketones (excluding diaryl/α,β-unsaturated/α-hetero) is 1. The van der Waals surface area contributed by atoms with Gasteiger partial charge < -0.3 is 9.15 Å². The second kappa shape index (κ2) is 9.73. The van der Waals surface area contributed by atoms with Crippen LogP contribution in [0.2, 0.25) is 0 Å². The summed E-state index contributed by atoms with van der Waals surface area (Å²) in [7, 11) is 0. The third-order valence-electron chi connectivity index (χ3n) is 5.93. The number of carbonyl (C=O) groups excluding carboxylic acids is 2. The molecule has 1 aliphatic carbocycles. The molecule has 2 aromatic carbocycles. The first-order chi connectivity index (χ1) is 15.0. The fraction of sp³-hybridized carbons (Fsp3) is 0.385. The van der Waals surface area contributed by atoms with Crippen molar-refractivity contribution in [2.45, 2.75) is 57.0 Å².